The van der Waals surface area contributed by atoms with Crippen LogP contribution in [0.25, 0.3) is 0 Å². The van der Waals surface area contributed by atoms with Crippen LogP contribution in [0.1, 0.15) is 13.3 Å². The number of piperazine rings is 1. The molecule has 0 aliphatic carbocycles. The minimum atomic E-state index is -0.767. The predicted octanol–water partition coefficient (Wildman–Crippen LogP) is -0.540. The van der Waals surface area contributed by atoms with Gasteiger partial charge in [-0.15, -0.1) is 0 Å². The third-order valence-electron chi connectivity index (χ3n) is 2.76. The highest BCUT2D eigenvalue weighted by Gasteiger charge is 2.19. The molecule has 1 aliphatic rings. The minimum absolute atomic E-state index is 0.129. The molecule has 1 unspecified atom stereocenters. The molecule has 0 aromatic carbocycles. The first-order chi connectivity index (χ1) is 7.11. The summed E-state index contributed by atoms with van der Waals surface area (Å²) in [5.41, 5.74) is 0. The quantitative estimate of drug-likeness (QED) is 0.646. The van der Waals surface area contributed by atoms with E-state index in [0.29, 0.717) is 6.54 Å². The van der Waals surface area contributed by atoms with Gasteiger partial charge in [-0.2, -0.15) is 0 Å². The van der Waals surface area contributed by atoms with Crippen molar-refractivity contribution in [2.75, 3.05) is 39.3 Å². The molecule has 1 atom stereocenters. The Balaban J connectivity index is 2.20. The maximum absolute atomic E-state index is 10.5. The molecule has 1 saturated heterocycles. The number of rotatable bonds is 5. The molecule has 0 spiro atoms. The number of hydrogen-bond donors (Lipinski definition) is 2. The van der Waals surface area contributed by atoms with E-state index in [9.17, 15) is 9.90 Å². The molecule has 1 aliphatic heterocycles. The Morgan fingerprint density at radius 2 is 1.80 bits per heavy atom. The van der Waals surface area contributed by atoms with E-state index < -0.39 is 5.97 Å². The topological polar surface area (TPSA) is 64.0 Å². The van der Waals surface area contributed by atoms with E-state index in [4.69, 9.17) is 5.11 Å². The van der Waals surface area contributed by atoms with Crippen molar-refractivity contribution >= 4 is 5.97 Å². The fraction of sp³-hybridized carbons (Fsp3) is 0.900. The van der Waals surface area contributed by atoms with Gasteiger partial charge >= 0.3 is 5.97 Å². The first-order valence-electron chi connectivity index (χ1n) is 5.46. The van der Waals surface area contributed by atoms with E-state index in [2.05, 4.69) is 4.90 Å². The Bertz CT molecular complexity index is 203. The van der Waals surface area contributed by atoms with Crippen LogP contribution < -0.4 is 0 Å². The summed E-state index contributed by atoms with van der Waals surface area (Å²) in [7, 11) is 0. The standard InChI is InChI=1S/C10H20N2O3/c1-2-9(13)7-11-3-5-12(6-4-11)8-10(14)15/h9,13H,2-8H2,1H3,(H,14,15). The van der Waals surface area contributed by atoms with Crippen LogP contribution in [-0.4, -0.2) is 71.4 Å². The molecule has 1 fully saturated rings. The SMILES string of the molecule is CCC(O)CN1CCN(CC(=O)O)CC1. The van der Waals surface area contributed by atoms with Crippen molar-refractivity contribution < 1.29 is 15.0 Å². The zero-order chi connectivity index (χ0) is 11.3. The number of aliphatic hydroxyl groups is 1. The monoisotopic (exact) mass is 216 g/mol. The van der Waals surface area contributed by atoms with Crippen molar-refractivity contribution in [2.24, 2.45) is 0 Å². The van der Waals surface area contributed by atoms with Gasteiger partial charge in [0.25, 0.3) is 0 Å². The van der Waals surface area contributed by atoms with Crippen molar-refractivity contribution in [3.05, 3.63) is 0 Å². The van der Waals surface area contributed by atoms with E-state index in [-0.39, 0.29) is 12.6 Å². The molecule has 1 rings (SSSR count). The zero-order valence-corrected chi connectivity index (χ0v) is 9.22. The molecule has 0 saturated carbocycles. The first-order valence-corrected chi connectivity index (χ1v) is 5.46. The lowest BCUT2D eigenvalue weighted by Gasteiger charge is -2.34. The molecule has 0 amide bonds. The van der Waals surface area contributed by atoms with E-state index in [0.717, 1.165) is 32.6 Å². The van der Waals surface area contributed by atoms with Gasteiger partial charge in [0.15, 0.2) is 0 Å². The van der Waals surface area contributed by atoms with E-state index in [1.165, 1.54) is 0 Å². The highest BCUT2D eigenvalue weighted by molar-refractivity contribution is 5.69. The molecule has 15 heavy (non-hydrogen) atoms. The van der Waals surface area contributed by atoms with E-state index >= 15 is 0 Å². The van der Waals surface area contributed by atoms with Crippen LogP contribution >= 0.6 is 0 Å². The number of β-amino-alcohol motifs (C(OH)–C–C–N with tert-alkyl or cyclic N) is 1. The van der Waals surface area contributed by atoms with Crippen LogP contribution in [0.4, 0.5) is 0 Å². The minimum Gasteiger partial charge on any atom is -0.480 e. The molecule has 0 aromatic heterocycles. The van der Waals surface area contributed by atoms with Gasteiger partial charge in [0.1, 0.15) is 0 Å². The molecule has 0 aromatic rings. The fourth-order valence-electron chi connectivity index (χ4n) is 1.75. The van der Waals surface area contributed by atoms with Crippen LogP contribution in [-0.2, 0) is 4.79 Å². The lowest BCUT2D eigenvalue weighted by atomic mass is 10.2. The largest absolute Gasteiger partial charge is 0.480 e. The van der Waals surface area contributed by atoms with Gasteiger partial charge in [0, 0.05) is 32.7 Å². The van der Waals surface area contributed by atoms with Crippen molar-refractivity contribution in [3.8, 4) is 0 Å². The number of carboxylic acid groups (broad SMARTS) is 1. The Kier molecular flexibility index (Phi) is 5.01. The highest BCUT2D eigenvalue weighted by Crippen LogP contribution is 2.03. The van der Waals surface area contributed by atoms with Crippen LogP contribution in [0, 0.1) is 0 Å². The lowest BCUT2D eigenvalue weighted by molar-refractivity contribution is -0.138. The molecular weight excluding hydrogens is 196 g/mol. The summed E-state index contributed by atoms with van der Waals surface area (Å²) in [6.07, 6.45) is 0.519. The number of aliphatic hydroxyl groups excluding tert-OH is 1. The summed E-state index contributed by atoms with van der Waals surface area (Å²) in [6, 6.07) is 0. The summed E-state index contributed by atoms with van der Waals surface area (Å²) in [5, 5.41) is 18.1. The number of hydrogen-bond acceptors (Lipinski definition) is 4. The van der Waals surface area contributed by atoms with Gasteiger partial charge in [-0.05, 0) is 6.42 Å². The second kappa shape index (κ2) is 6.05. The third kappa shape index (κ3) is 4.59. The van der Waals surface area contributed by atoms with Crippen LogP contribution in [0.2, 0.25) is 0 Å². The van der Waals surface area contributed by atoms with Gasteiger partial charge in [-0.1, -0.05) is 6.92 Å². The number of aliphatic carboxylic acids is 1. The molecule has 5 nitrogen and oxygen atoms in total. The maximum Gasteiger partial charge on any atom is 0.317 e. The highest BCUT2D eigenvalue weighted by atomic mass is 16.4. The smallest absolute Gasteiger partial charge is 0.317 e. The fourth-order valence-corrected chi connectivity index (χ4v) is 1.75. The number of nitrogens with zero attached hydrogens (tertiary/aromatic N) is 2. The predicted molar refractivity (Wildman–Crippen MR) is 56.8 cm³/mol. The third-order valence-corrected chi connectivity index (χ3v) is 2.76. The Morgan fingerprint density at radius 1 is 1.27 bits per heavy atom. The molecular formula is C10H20N2O3. The summed E-state index contributed by atoms with van der Waals surface area (Å²) in [5.74, 6) is -0.767. The molecule has 2 N–H and O–H groups in total. The average molecular weight is 216 g/mol. The van der Waals surface area contributed by atoms with Crippen LogP contribution in [0.15, 0.2) is 0 Å². The summed E-state index contributed by atoms with van der Waals surface area (Å²) < 4.78 is 0. The Hall–Kier alpha value is -0.650. The number of carbonyl (C=O) groups is 1. The molecule has 0 bridgehead atoms. The van der Waals surface area contributed by atoms with Crippen molar-refractivity contribution in [3.63, 3.8) is 0 Å². The van der Waals surface area contributed by atoms with Crippen LogP contribution in [0.3, 0.4) is 0 Å². The number of carboxylic acids is 1. The molecule has 88 valence electrons. The summed E-state index contributed by atoms with van der Waals surface area (Å²) >= 11 is 0. The lowest BCUT2D eigenvalue weighted by Crippen LogP contribution is -2.49. The zero-order valence-electron chi connectivity index (χ0n) is 9.22. The van der Waals surface area contributed by atoms with Gasteiger partial charge in [0.2, 0.25) is 0 Å². The Morgan fingerprint density at radius 3 is 2.27 bits per heavy atom. The van der Waals surface area contributed by atoms with Gasteiger partial charge in [-0.3, -0.25) is 14.6 Å². The molecule has 1 heterocycles. The van der Waals surface area contributed by atoms with Crippen molar-refractivity contribution in [2.45, 2.75) is 19.4 Å². The molecule has 0 radical (unpaired) electrons. The van der Waals surface area contributed by atoms with Gasteiger partial charge in [-0.25, -0.2) is 0 Å². The Labute approximate surface area is 90.3 Å². The van der Waals surface area contributed by atoms with Crippen molar-refractivity contribution in [1.82, 2.24) is 9.80 Å². The van der Waals surface area contributed by atoms with Crippen molar-refractivity contribution in [1.29, 1.82) is 0 Å². The maximum atomic E-state index is 10.5. The second-order valence-electron chi connectivity index (χ2n) is 4.03. The van der Waals surface area contributed by atoms with E-state index in [1.807, 2.05) is 11.8 Å². The molecule has 5 heteroatoms. The first kappa shape index (κ1) is 12.4. The van der Waals surface area contributed by atoms with Gasteiger partial charge < -0.3 is 10.2 Å². The summed E-state index contributed by atoms with van der Waals surface area (Å²) in [4.78, 5) is 14.6. The average Bonchev–Trinajstić information content (AvgIpc) is 2.20. The van der Waals surface area contributed by atoms with Crippen LogP contribution in [0.5, 0.6) is 0 Å². The normalized spacial score (nSPS) is 21.5. The second-order valence-corrected chi connectivity index (χ2v) is 4.03. The van der Waals surface area contributed by atoms with Gasteiger partial charge in [0.05, 0.1) is 12.6 Å². The summed E-state index contributed by atoms with van der Waals surface area (Å²) in [6.45, 7) is 6.06. The van der Waals surface area contributed by atoms with E-state index in [1.54, 1.807) is 0 Å².